The van der Waals surface area contributed by atoms with Crippen molar-refractivity contribution in [2.45, 2.75) is 74.3 Å². The highest BCUT2D eigenvalue weighted by atomic mass is 15.0. The van der Waals surface area contributed by atoms with Gasteiger partial charge in [0.05, 0.1) is 0 Å². The van der Waals surface area contributed by atoms with Gasteiger partial charge >= 0.3 is 0 Å². The van der Waals surface area contributed by atoms with Crippen molar-refractivity contribution in [1.29, 1.82) is 0 Å². The molecule has 18 heavy (non-hydrogen) atoms. The van der Waals surface area contributed by atoms with E-state index in [1.54, 1.807) is 0 Å². The van der Waals surface area contributed by atoms with Gasteiger partial charge in [-0.05, 0) is 48.0 Å². The van der Waals surface area contributed by atoms with Crippen LogP contribution in [0.5, 0.6) is 0 Å². The molecule has 3 atom stereocenters. The highest BCUT2D eigenvalue weighted by molar-refractivity contribution is 4.95. The summed E-state index contributed by atoms with van der Waals surface area (Å²) < 4.78 is 0. The third-order valence-electron chi connectivity index (χ3n) is 4.57. The molecule has 3 unspecified atom stereocenters. The van der Waals surface area contributed by atoms with Gasteiger partial charge in [0.2, 0.25) is 0 Å². The maximum Gasteiger partial charge on any atom is 0.0144 e. The minimum atomic E-state index is 0.377. The number of nitrogens with one attached hydrogen (secondary N) is 1. The molecule has 1 N–H and O–H groups in total. The first kappa shape index (κ1) is 16.0. The molecule has 1 heterocycles. The number of hydrogen-bond donors (Lipinski definition) is 1. The van der Waals surface area contributed by atoms with E-state index in [0.717, 1.165) is 17.8 Å². The SMILES string of the molecule is CC(C)CC1CC(C(C)(C)C)CNC1C(C)(C)C. The van der Waals surface area contributed by atoms with Crippen LogP contribution in [-0.4, -0.2) is 12.6 Å². The number of hydrogen-bond acceptors (Lipinski definition) is 1. The van der Waals surface area contributed by atoms with Crippen LogP contribution in [0.4, 0.5) is 0 Å². The zero-order valence-corrected chi connectivity index (χ0v) is 13.9. The average molecular weight is 253 g/mol. The highest BCUT2D eigenvalue weighted by Crippen LogP contribution is 2.41. The Labute approximate surface area is 115 Å². The second kappa shape index (κ2) is 5.53. The van der Waals surface area contributed by atoms with Crippen molar-refractivity contribution < 1.29 is 0 Å². The van der Waals surface area contributed by atoms with Gasteiger partial charge in [0.25, 0.3) is 0 Å². The zero-order valence-electron chi connectivity index (χ0n) is 13.9. The summed E-state index contributed by atoms with van der Waals surface area (Å²) in [5.41, 5.74) is 0.813. The van der Waals surface area contributed by atoms with Crippen LogP contribution < -0.4 is 5.32 Å². The second-order valence-corrected chi connectivity index (χ2v) is 8.94. The Morgan fingerprint density at radius 2 is 1.56 bits per heavy atom. The molecule has 108 valence electrons. The van der Waals surface area contributed by atoms with Crippen molar-refractivity contribution in [3.8, 4) is 0 Å². The van der Waals surface area contributed by atoms with Crippen molar-refractivity contribution >= 4 is 0 Å². The summed E-state index contributed by atoms with van der Waals surface area (Å²) in [5, 5.41) is 3.87. The van der Waals surface area contributed by atoms with E-state index >= 15 is 0 Å². The van der Waals surface area contributed by atoms with Crippen LogP contribution in [0.1, 0.15) is 68.2 Å². The van der Waals surface area contributed by atoms with Gasteiger partial charge in [0.15, 0.2) is 0 Å². The molecular formula is C17H35N. The predicted molar refractivity (Wildman–Crippen MR) is 81.8 cm³/mol. The van der Waals surface area contributed by atoms with Gasteiger partial charge in [-0.25, -0.2) is 0 Å². The summed E-state index contributed by atoms with van der Waals surface area (Å²) in [4.78, 5) is 0. The molecule has 0 amide bonds. The van der Waals surface area contributed by atoms with Crippen LogP contribution in [0.3, 0.4) is 0 Å². The van der Waals surface area contributed by atoms with E-state index in [4.69, 9.17) is 0 Å². The summed E-state index contributed by atoms with van der Waals surface area (Å²) in [7, 11) is 0. The Kier molecular flexibility index (Phi) is 4.92. The van der Waals surface area contributed by atoms with E-state index in [9.17, 15) is 0 Å². The summed E-state index contributed by atoms with van der Waals surface area (Å²) in [6, 6.07) is 0.679. The summed E-state index contributed by atoms with van der Waals surface area (Å²) in [5.74, 6) is 2.46. The fourth-order valence-corrected chi connectivity index (χ4v) is 3.53. The molecule has 0 saturated carbocycles. The molecule has 0 bridgehead atoms. The van der Waals surface area contributed by atoms with Crippen molar-refractivity contribution in [2.24, 2.45) is 28.6 Å². The van der Waals surface area contributed by atoms with Crippen LogP contribution in [0.25, 0.3) is 0 Å². The van der Waals surface area contributed by atoms with E-state index in [1.807, 2.05) is 0 Å². The summed E-state index contributed by atoms with van der Waals surface area (Å²) >= 11 is 0. The van der Waals surface area contributed by atoms with Gasteiger partial charge < -0.3 is 5.32 Å². The molecule has 1 fully saturated rings. The van der Waals surface area contributed by atoms with E-state index in [-0.39, 0.29) is 0 Å². The molecule has 0 aromatic rings. The minimum absolute atomic E-state index is 0.377. The quantitative estimate of drug-likeness (QED) is 0.751. The third kappa shape index (κ3) is 4.26. The molecular weight excluding hydrogens is 218 g/mol. The topological polar surface area (TPSA) is 12.0 Å². The molecule has 1 aliphatic heterocycles. The van der Waals surface area contributed by atoms with E-state index in [0.29, 0.717) is 16.9 Å². The lowest BCUT2D eigenvalue weighted by Crippen LogP contribution is -2.54. The standard InChI is InChI=1S/C17H35N/c1-12(2)9-13-10-14(16(3,4)5)11-18-15(13)17(6,7)8/h12-15,18H,9-11H2,1-8H3. The lowest BCUT2D eigenvalue weighted by Gasteiger charge is -2.48. The fourth-order valence-electron chi connectivity index (χ4n) is 3.53. The Hall–Kier alpha value is -0.0400. The van der Waals surface area contributed by atoms with Gasteiger partial charge in [-0.15, -0.1) is 0 Å². The highest BCUT2D eigenvalue weighted by Gasteiger charge is 2.40. The van der Waals surface area contributed by atoms with Gasteiger partial charge in [0.1, 0.15) is 0 Å². The largest absolute Gasteiger partial charge is 0.313 e. The maximum absolute atomic E-state index is 3.87. The Bertz CT molecular complexity index is 254. The Balaban J connectivity index is 2.80. The van der Waals surface area contributed by atoms with E-state index < -0.39 is 0 Å². The zero-order chi connectivity index (χ0) is 14.1. The average Bonchev–Trinajstić information content (AvgIpc) is 2.13. The molecule has 0 aromatic carbocycles. The van der Waals surface area contributed by atoms with Gasteiger partial charge in [-0.1, -0.05) is 55.4 Å². The second-order valence-electron chi connectivity index (χ2n) is 8.94. The van der Waals surface area contributed by atoms with Crippen LogP contribution >= 0.6 is 0 Å². The molecule has 1 saturated heterocycles. The predicted octanol–water partition coefficient (Wildman–Crippen LogP) is 4.72. The molecule has 1 nitrogen and oxygen atoms in total. The number of rotatable bonds is 2. The molecule has 1 heteroatoms. The summed E-state index contributed by atoms with van der Waals surface area (Å²) in [6.07, 6.45) is 2.76. The first-order valence-electron chi connectivity index (χ1n) is 7.75. The van der Waals surface area contributed by atoms with Gasteiger partial charge in [-0.2, -0.15) is 0 Å². The van der Waals surface area contributed by atoms with Crippen molar-refractivity contribution in [3.05, 3.63) is 0 Å². The Morgan fingerprint density at radius 3 is 1.94 bits per heavy atom. The number of piperidine rings is 1. The molecule has 1 aliphatic rings. The molecule has 0 aliphatic carbocycles. The Morgan fingerprint density at radius 1 is 1.00 bits per heavy atom. The normalized spacial score (nSPS) is 30.8. The lowest BCUT2D eigenvalue weighted by atomic mass is 9.65. The van der Waals surface area contributed by atoms with Crippen LogP contribution in [0, 0.1) is 28.6 Å². The van der Waals surface area contributed by atoms with Crippen LogP contribution in [0.2, 0.25) is 0 Å². The minimum Gasteiger partial charge on any atom is -0.313 e. The fraction of sp³-hybridized carbons (Fsp3) is 1.00. The smallest absolute Gasteiger partial charge is 0.0144 e. The van der Waals surface area contributed by atoms with Crippen molar-refractivity contribution in [1.82, 2.24) is 5.32 Å². The van der Waals surface area contributed by atoms with Gasteiger partial charge in [-0.3, -0.25) is 0 Å². The van der Waals surface area contributed by atoms with Crippen LogP contribution in [-0.2, 0) is 0 Å². The molecule has 1 rings (SSSR count). The molecule has 0 radical (unpaired) electrons. The maximum atomic E-state index is 3.87. The first-order chi connectivity index (χ1) is 8.01. The molecule has 0 aromatic heterocycles. The molecule has 0 spiro atoms. The monoisotopic (exact) mass is 253 g/mol. The lowest BCUT2D eigenvalue weighted by molar-refractivity contribution is 0.0649. The van der Waals surface area contributed by atoms with Crippen LogP contribution in [0.15, 0.2) is 0 Å². The van der Waals surface area contributed by atoms with Gasteiger partial charge in [0, 0.05) is 6.04 Å². The first-order valence-corrected chi connectivity index (χ1v) is 7.75. The van der Waals surface area contributed by atoms with E-state index in [1.165, 1.54) is 19.4 Å². The van der Waals surface area contributed by atoms with Crippen molar-refractivity contribution in [2.75, 3.05) is 6.54 Å². The van der Waals surface area contributed by atoms with Crippen molar-refractivity contribution in [3.63, 3.8) is 0 Å². The third-order valence-corrected chi connectivity index (χ3v) is 4.57. The van der Waals surface area contributed by atoms with E-state index in [2.05, 4.69) is 60.7 Å². The summed E-state index contributed by atoms with van der Waals surface area (Å²) in [6.45, 7) is 20.2.